The Kier molecular flexibility index (Phi) is 2.86. The summed E-state index contributed by atoms with van der Waals surface area (Å²) in [6.45, 7) is 0. The van der Waals surface area contributed by atoms with Crippen molar-refractivity contribution in [1.82, 2.24) is 0 Å². The van der Waals surface area contributed by atoms with Gasteiger partial charge in [-0.1, -0.05) is 6.07 Å². The molecule has 0 aromatic heterocycles. The van der Waals surface area contributed by atoms with Crippen LogP contribution < -0.4 is 0 Å². The molecule has 0 spiro atoms. The van der Waals surface area contributed by atoms with Gasteiger partial charge in [0.2, 0.25) is 0 Å². The maximum atomic E-state index is 10.2. The third kappa shape index (κ3) is 1.96. The molecule has 0 atom stereocenters. The van der Waals surface area contributed by atoms with Crippen molar-refractivity contribution in [2.45, 2.75) is 0 Å². The molecule has 0 bridgehead atoms. The summed E-state index contributed by atoms with van der Waals surface area (Å²) in [4.78, 5) is 20.3. The Morgan fingerprint density at radius 2 is 1.85 bits per heavy atom. The summed E-state index contributed by atoms with van der Waals surface area (Å²) in [5.74, 6) is 0. The fraction of sp³-hybridized carbons (Fsp3) is 0. The summed E-state index contributed by atoms with van der Waals surface area (Å²) < 4.78 is 0. The highest BCUT2D eigenvalue weighted by Crippen LogP contribution is 2.28. The molecular weight excluding hydrogens is 172 g/mol. The Balaban J connectivity index is 3.19. The number of benzene rings is 1. The summed E-state index contributed by atoms with van der Waals surface area (Å²) in [6, 6.07) is 4.26. The molecule has 1 aromatic carbocycles. The predicted octanol–water partition coefficient (Wildman–Crippen LogP) is 3.01. The number of nitroso groups, excluding NO2 is 2. The molecule has 5 heteroatoms. The van der Waals surface area contributed by atoms with Crippen molar-refractivity contribution in [3.63, 3.8) is 0 Å². The van der Waals surface area contributed by atoms with Crippen LogP contribution in [-0.2, 0) is 0 Å². The van der Waals surface area contributed by atoms with Crippen LogP contribution in [0.4, 0.5) is 11.4 Å². The van der Waals surface area contributed by atoms with Crippen LogP contribution in [0.5, 0.6) is 0 Å². The Morgan fingerprint density at radius 3 is 2.38 bits per heavy atom. The summed E-state index contributed by atoms with van der Waals surface area (Å²) in [5.41, 5.74) is 0.528. The van der Waals surface area contributed by atoms with Crippen molar-refractivity contribution in [3.8, 4) is 0 Å². The molecule has 0 saturated heterocycles. The highest BCUT2D eigenvalue weighted by Gasteiger charge is 2.02. The molecule has 0 heterocycles. The SMILES string of the molecule is O=Nc1ccc(/C=C/O)cc1N=O. The smallest absolute Gasteiger partial charge is 0.137 e. The van der Waals surface area contributed by atoms with Crippen LogP contribution in [0.3, 0.4) is 0 Å². The van der Waals surface area contributed by atoms with Gasteiger partial charge in [-0.15, -0.1) is 9.81 Å². The molecule has 5 nitrogen and oxygen atoms in total. The normalized spacial score (nSPS) is 10.2. The molecule has 0 unspecified atom stereocenters. The zero-order valence-corrected chi connectivity index (χ0v) is 6.54. The molecule has 0 aliphatic carbocycles. The summed E-state index contributed by atoms with van der Waals surface area (Å²) in [6.07, 6.45) is 2.20. The van der Waals surface area contributed by atoms with E-state index in [1.807, 2.05) is 0 Å². The number of hydrogen-bond donors (Lipinski definition) is 1. The summed E-state index contributed by atoms with van der Waals surface area (Å²) in [7, 11) is 0. The lowest BCUT2D eigenvalue weighted by atomic mass is 10.2. The molecule has 0 aliphatic heterocycles. The lowest BCUT2D eigenvalue weighted by molar-refractivity contribution is 0.478. The molecule has 13 heavy (non-hydrogen) atoms. The van der Waals surface area contributed by atoms with Gasteiger partial charge in [0.15, 0.2) is 0 Å². The van der Waals surface area contributed by atoms with Gasteiger partial charge in [0.25, 0.3) is 0 Å². The first kappa shape index (κ1) is 9.05. The average molecular weight is 178 g/mol. The van der Waals surface area contributed by atoms with Gasteiger partial charge in [0, 0.05) is 0 Å². The first-order chi connectivity index (χ1) is 6.31. The summed E-state index contributed by atoms with van der Waals surface area (Å²) >= 11 is 0. The maximum absolute atomic E-state index is 10.2. The van der Waals surface area contributed by atoms with Crippen molar-refractivity contribution in [2.24, 2.45) is 10.4 Å². The molecule has 1 aromatic rings. The van der Waals surface area contributed by atoms with Gasteiger partial charge in [0.1, 0.15) is 11.4 Å². The highest BCUT2D eigenvalue weighted by molar-refractivity contribution is 5.66. The van der Waals surface area contributed by atoms with Gasteiger partial charge in [-0.05, 0) is 34.1 Å². The van der Waals surface area contributed by atoms with Crippen LogP contribution in [0.15, 0.2) is 34.8 Å². The van der Waals surface area contributed by atoms with Crippen molar-refractivity contribution in [3.05, 3.63) is 39.8 Å². The molecular formula is C8H6N2O3. The zero-order chi connectivity index (χ0) is 9.68. The van der Waals surface area contributed by atoms with E-state index in [2.05, 4.69) is 10.4 Å². The second-order valence-corrected chi connectivity index (χ2v) is 2.25. The zero-order valence-electron chi connectivity index (χ0n) is 6.54. The largest absolute Gasteiger partial charge is 0.516 e. The number of aliphatic hydroxyl groups excluding tert-OH is 1. The quantitative estimate of drug-likeness (QED) is 0.570. The monoisotopic (exact) mass is 178 g/mol. The van der Waals surface area contributed by atoms with Gasteiger partial charge in [-0.3, -0.25) is 0 Å². The van der Waals surface area contributed by atoms with E-state index in [-0.39, 0.29) is 11.4 Å². The van der Waals surface area contributed by atoms with Crippen LogP contribution in [0, 0.1) is 9.81 Å². The molecule has 0 aliphatic rings. The molecule has 0 amide bonds. The van der Waals surface area contributed by atoms with E-state index in [9.17, 15) is 9.81 Å². The van der Waals surface area contributed by atoms with E-state index in [0.29, 0.717) is 5.56 Å². The lowest BCUT2D eigenvalue weighted by Gasteiger charge is -1.95. The Morgan fingerprint density at radius 1 is 1.15 bits per heavy atom. The Hall–Kier alpha value is -2.04. The van der Waals surface area contributed by atoms with Crippen molar-refractivity contribution >= 4 is 17.5 Å². The minimum atomic E-state index is -0.0365. The second-order valence-electron chi connectivity index (χ2n) is 2.25. The fourth-order valence-corrected chi connectivity index (χ4v) is 0.881. The van der Waals surface area contributed by atoms with Gasteiger partial charge >= 0.3 is 0 Å². The van der Waals surface area contributed by atoms with E-state index < -0.39 is 0 Å². The molecule has 0 radical (unpaired) electrons. The van der Waals surface area contributed by atoms with E-state index in [4.69, 9.17) is 5.11 Å². The topological polar surface area (TPSA) is 79.1 Å². The van der Waals surface area contributed by atoms with Gasteiger partial charge < -0.3 is 5.11 Å². The Bertz CT molecular complexity index is 360. The van der Waals surface area contributed by atoms with E-state index in [0.717, 1.165) is 6.26 Å². The van der Waals surface area contributed by atoms with Gasteiger partial charge in [0.05, 0.1) is 6.26 Å². The molecule has 1 N–H and O–H groups in total. The third-order valence-electron chi connectivity index (χ3n) is 1.46. The van der Waals surface area contributed by atoms with E-state index >= 15 is 0 Å². The minimum Gasteiger partial charge on any atom is -0.516 e. The van der Waals surface area contributed by atoms with Crippen molar-refractivity contribution in [2.75, 3.05) is 0 Å². The highest BCUT2D eigenvalue weighted by atomic mass is 16.3. The minimum absolute atomic E-state index is 0.00918. The van der Waals surface area contributed by atoms with Crippen molar-refractivity contribution in [1.29, 1.82) is 0 Å². The third-order valence-corrected chi connectivity index (χ3v) is 1.46. The number of rotatable bonds is 3. The maximum Gasteiger partial charge on any atom is 0.137 e. The lowest BCUT2D eigenvalue weighted by Crippen LogP contribution is -1.72. The van der Waals surface area contributed by atoms with Crippen LogP contribution in [0.25, 0.3) is 6.08 Å². The summed E-state index contributed by atoms with van der Waals surface area (Å²) in [5, 5.41) is 13.7. The van der Waals surface area contributed by atoms with E-state index in [1.54, 1.807) is 0 Å². The second kappa shape index (κ2) is 4.10. The molecule has 0 saturated carbocycles. The number of aliphatic hydroxyl groups is 1. The standard InChI is InChI=1S/C8H6N2O3/c11-4-3-6-1-2-7(9-12)8(5-6)10-13/h1-5,11H/b4-3+. The van der Waals surface area contributed by atoms with Crippen molar-refractivity contribution < 1.29 is 5.11 Å². The first-order valence-corrected chi connectivity index (χ1v) is 3.43. The van der Waals surface area contributed by atoms with Crippen LogP contribution in [0.2, 0.25) is 0 Å². The van der Waals surface area contributed by atoms with Crippen LogP contribution in [0.1, 0.15) is 5.56 Å². The predicted molar refractivity (Wildman–Crippen MR) is 49.0 cm³/mol. The van der Waals surface area contributed by atoms with Crippen LogP contribution in [-0.4, -0.2) is 5.11 Å². The van der Waals surface area contributed by atoms with Gasteiger partial charge in [-0.25, -0.2) is 0 Å². The molecule has 66 valence electrons. The Labute approximate surface area is 73.7 Å². The number of hydrogen-bond acceptors (Lipinski definition) is 5. The average Bonchev–Trinajstić information content (AvgIpc) is 2.18. The number of nitrogens with zero attached hydrogens (tertiary/aromatic N) is 2. The van der Waals surface area contributed by atoms with Crippen LogP contribution >= 0.6 is 0 Å². The molecule has 1 rings (SSSR count). The van der Waals surface area contributed by atoms with E-state index in [1.165, 1.54) is 24.3 Å². The fourth-order valence-electron chi connectivity index (χ4n) is 0.881. The first-order valence-electron chi connectivity index (χ1n) is 3.43. The van der Waals surface area contributed by atoms with Gasteiger partial charge in [-0.2, -0.15) is 0 Å². The molecule has 0 fully saturated rings.